The van der Waals surface area contributed by atoms with Crippen LogP contribution < -0.4 is 16.0 Å². The van der Waals surface area contributed by atoms with E-state index in [9.17, 15) is 9.59 Å². The van der Waals surface area contributed by atoms with E-state index in [0.29, 0.717) is 25.1 Å². The van der Waals surface area contributed by atoms with Gasteiger partial charge in [0.05, 0.1) is 17.4 Å². The molecule has 1 atom stereocenters. The van der Waals surface area contributed by atoms with E-state index >= 15 is 0 Å². The third kappa shape index (κ3) is 2.93. The van der Waals surface area contributed by atoms with Crippen molar-refractivity contribution < 1.29 is 9.59 Å². The summed E-state index contributed by atoms with van der Waals surface area (Å²) in [4.78, 5) is 25.4. The molecule has 1 saturated heterocycles. The first-order valence-electron chi connectivity index (χ1n) is 6.59. The fourth-order valence-corrected chi connectivity index (χ4v) is 2.13. The third-order valence-corrected chi connectivity index (χ3v) is 3.30. The molecular weight excluding hydrogens is 242 g/mol. The van der Waals surface area contributed by atoms with Gasteiger partial charge in [0.2, 0.25) is 11.8 Å². The second kappa shape index (κ2) is 5.84. The molecule has 0 radical (unpaired) electrons. The molecule has 2 amide bonds. The monoisotopic (exact) mass is 261 g/mol. The first-order valence-corrected chi connectivity index (χ1v) is 6.59. The predicted molar refractivity (Wildman–Crippen MR) is 74.9 cm³/mol. The van der Waals surface area contributed by atoms with Crippen LogP contribution in [0.25, 0.3) is 0 Å². The van der Waals surface area contributed by atoms with Crippen molar-refractivity contribution in [3.8, 4) is 0 Å². The summed E-state index contributed by atoms with van der Waals surface area (Å²) in [5.74, 6) is -0.122. The molecule has 0 saturated carbocycles. The molecule has 1 fully saturated rings. The number of nitrogens with zero attached hydrogens (tertiary/aromatic N) is 1. The minimum absolute atomic E-state index is 0.0986. The first-order chi connectivity index (χ1) is 9.13. The summed E-state index contributed by atoms with van der Waals surface area (Å²) in [6.45, 7) is 2.56. The quantitative estimate of drug-likeness (QED) is 0.862. The van der Waals surface area contributed by atoms with Gasteiger partial charge in [-0.05, 0) is 25.0 Å². The Morgan fingerprint density at radius 3 is 2.84 bits per heavy atom. The summed E-state index contributed by atoms with van der Waals surface area (Å²) in [6, 6.07) is 6.80. The number of carbonyl (C=O) groups excluding carboxylic acids is 2. The van der Waals surface area contributed by atoms with Crippen LogP contribution in [0.3, 0.4) is 0 Å². The van der Waals surface area contributed by atoms with E-state index in [-0.39, 0.29) is 11.8 Å². The molecule has 1 aromatic carbocycles. The fraction of sp³-hybridized carbons (Fsp3) is 0.429. The van der Waals surface area contributed by atoms with Gasteiger partial charge in [0.25, 0.3) is 0 Å². The van der Waals surface area contributed by atoms with Gasteiger partial charge in [0, 0.05) is 13.0 Å². The third-order valence-electron chi connectivity index (χ3n) is 3.30. The molecule has 0 aromatic heterocycles. The zero-order chi connectivity index (χ0) is 13.8. The smallest absolute Gasteiger partial charge is 0.241 e. The molecule has 2 rings (SSSR count). The van der Waals surface area contributed by atoms with Gasteiger partial charge in [-0.2, -0.15) is 0 Å². The molecular formula is C14H19N3O2. The van der Waals surface area contributed by atoms with E-state index in [2.05, 4.69) is 5.32 Å². The summed E-state index contributed by atoms with van der Waals surface area (Å²) in [6.07, 6.45) is 2.00. The van der Waals surface area contributed by atoms with Crippen LogP contribution in [0.2, 0.25) is 0 Å². The number of nitrogens with two attached hydrogens (primary N) is 1. The molecule has 3 N–H and O–H groups in total. The lowest BCUT2D eigenvalue weighted by Gasteiger charge is -2.20. The van der Waals surface area contributed by atoms with Crippen molar-refractivity contribution >= 4 is 23.2 Å². The van der Waals surface area contributed by atoms with Crippen LogP contribution in [-0.4, -0.2) is 24.4 Å². The minimum atomic E-state index is -0.526. The van der Waals surface area contributed by atoms with Crippen molar-refractivity contribution in [2.24, 2.45) is 5.73 Å². The van der Waals surface area contributed by atoms with Crippen molar-refractivity contribution in [3.63, 3.8) is 0 Å². The van der Waals surface area contributed by atoms with Crippen LogP contribution in [0.5, 0.6) is 0 Å². The van der Waals surface area contributed by atoms with E-state index in [0.717, 1.165) is 12.1 Å². The largest absolute Gasteiger partial charge is 0.323 e. The van der Waals surface area contributed by atoms with Crippen molar-refractivity contribution in [1.29, 1.82) is 0 Å². The second-order valence-corrected chi connectivity index (χ2v) is 4.67. The number of hydrogen-bond acceptors (Lipinski definition) is 3. The van der Waals surface area contributed by atoms with E-state index in [1.807, 2.05) is 25.1 Å². The van der Waals surface area contributed by atoms with Gasteiger partial charge < -0.3 is 16.0 Å². The Labute approximate surface area is 112 Å². The van der Waals surface area contributed by atoms with Gasteiger partial charge in [-0.15, -0.1) is 0 Å². The fourth-order valence-electron chi connectivity index (χ4n) is 2.13. The standard InChI is InChI=1S/C14H19N3O2/c1-2-10(15)14(19)16-11-6-3-4-7-12(11)17-9-5-8-13(17)18/h3-4,6-7,10H,2,5,8-9,15H2,1H3,(H,16,19)/t10-/m1/s1. The number of benzene rings is 1. The molecule has 1 heterocycles. The second-order valence-electron chi connectivity index (χ2n) is 4.67. The molecule has 0 spiro atoms. The maximum absolute atomic E-state index is 11.9. The zero-order valence-corrected chi connectivity index (χ0v) is 11.1. The molecule has 0 aliphatic carbocycles. The van der Waals surface area contributed by atoms with E-state index in [1.54, 1.807) is 11.0 Å². The Hall–Kier alpha value is -1.88. The first kappa shape index (κ1) is 13.5. The van der Waals surface area contributed by atoms with E-state index in [1.165, 1.54) is 0 Å². The molecule has 1 aliphatic heterocycles. The summed E-state index contributed by atoms with van der Waals surface area (Å²) >= 11 is 0. The topological polar surface area (TPSA) is 75.4 Å². The van der Waals surface area contributed by atoms with Gasteiger partial charge in [-0.3, -0.25) is 9.59 Å². The van der Waals surface area contributed by atoms with Gasteiger partial charge in [-0.25, -0.2) is 0 Å². The number of rotatable bonds is 4. The number of amides is 2. The van der Waals surface area contributed by atoms with E-state index in [4.69, 9.17) is 5.73 Å². The molecule has 5 heteroatoms. The summed E-state index contributed by atoms with van der Waals surface area (Å²) in [5.41, 5.74) is 7.10. The Morgan fingerprint density at radius 2 is 2.21 bits per heavy atom. The van der Waals surface area contributed by atoms with Crippen molar-refractivity contribution in [3.05, 3.63) is 24.3 Å². The highest BCUT2D eigenvalue weighted by atomic mass is 16.2. The number of carbonyl (C=O) groups is 2. The summed E-state index contributed by atoms with van der Waals surface area (Å²) in [7, 11) is 0. The lowest BCUT2D eigenvalue weighted by molar-refractivity contribution is -0.118. The maximum Gasteiger partial charge on any atom is 0.241 e. The lowest BCUT2D eigenvalue weighted by atomic mass is 10.2. The average molecular weight is 261 g/mol. The number of anilines is 2. The van der Waals surface area contributed by atoms with Crippen LogP contribution in [0, 0.1) is 0 Å². The van der Waals surface area contributed by atoms with E-state index < -0.39 is 6.04 Å². The number of nitrogens with one attached hydrogen (secondary N) is 1. The minimum Gasteiger partial charge on any atom is -0.323 e. The molecule has 0 bridgehead atoms. The number of hydrogen-bond donors (Lipinski definition) is 2. The van der Waals surface area contributed by atoms with Crippen LogP contribution in [0.15, 0.2) is 24.3 Å². The molecule has 0 unspecified atom stereocenters. The highest BCUT2D eigenvalue weighted by molar-refractivity contribution is 6.03. The Kier molecular flexibility index (Phi) is 4.16. The predicted octanol–water partition coefficient (Wildman–Crippen LogP) is 1.49. The van der Waals surface area contributed by atoms with Gasteiger partial charge in [-0.1, -0.05) is 19.1 Å². The molecule has 19 heavy (non-hydrogen) atoms. The van der Waals surface area contributed by atoms with Crippen LogP contribution in [-0.2, 0) is 9.59 Å². The normalized spacial score (nSPS) is 16.5. The highest BCUT2D eigenvalue weighted by Gasteiger charge is 2.24. The van der Waals surface area contributed by atoms with Crippen molar-refractivity contribution in [1.82, 2.24) is 0 Å². The van der Waals surface area contributed by atoms with Crippen molar-refractivity contribution in [2.45, 2.75) is 32.2 Å². The Bertz CT molecular complexity index is 487. The van der Waals surface area contributed by atoms with Crippen LogP contribution in [0.1, 0.15) is 26.2 Å². The highest BCUT2D eigenvalue weighted by Crippen LogP contribution is 2.29. The molecule has 5 nitrogen and oxygen atoms in total. The number of para-hydroxylation sites is 2. The SMILES string of the molecule is CC[C@@H](N)C(=O)Nc1ccccc1N1CCCC1=O. The lowest BCUT2D eigenvalue weighted by Crippen LogP contribution is -2.35. The summed E-state index contributed by atoms with van der Waals surface area (Å²) < 4.78 is 0. The molecule has 102 valence electrons. The Balaban J connectivity index is 2.21. The maximum atomic E-state index is 11.9. The van der Waals surface area contributed by atoms with Gasteiger partial charge in [0.1, 0.15) is 0 Å². The zero-order valence-electron chi connectivity index (χ0n) is 11.1. The van der Waals surface area contributed by atoms with Gasteiger partial charge in [0.15, 0.2) is 0 Å². The van der Waals surface area contributed by atoms with Crippen molar-refractivity contribution in [2.75, 3.05) is 16.8 Å². The van der Waals surface area contributed by atoms with Crippen LogP contribution in [0.4, 0.5) is 11.4 Å². The summed E-state index contributed by atoms with van der Waals surface area (Å²) in [5, 5.41) is 2.80. The molecule has 1 aliphatic rings. The average Bonchev–Trinajstić information content (AvgIpc) is 2.84. The Morgan fingerprint density at radius 1 is 1.47 bits per heavy atom. The van der Waals surface area contributed by atoms with Gasteiger partial charge >= 0.3 is 0 Å². The van der Waals surface area contributed by atoms with Crippen LogP contribution >= 0.6 is 0 Å². The molecule has 1 aromatic rings.